The summed E-state index contributed by atoms with van der Waals surface area (Å²) in [4.78, 5) is 8.66. The zero-order valence-electron chi connectivity index (χ0n) is 13.9. The minimum absolute atomic E-state index is 0. The van der Waals surface area contributed by atoms with Crippen LogP contribution in [0.15, 0.2) is 97.3 Å². The van der Waals surface area contributed by atoms with Crippen LogP contribution in [0.1, 0.15) is 0 Å². The summed E-state index contributed by atoms with van der Waals surface area (Å²) in [5.41, 5.74) is 3.82. The van der Waals surface area contributed by atoms with Crippen LogP contribution < -0.4 is 0 Å². The average molecular weight is 384 g/mol. The van der Waals surface area contributed by atoms with Gasteiger partial charge < -0.3 is 5.11 Å². The smallest absolute Gasteiger partial charge is 0.115 e. The first-order valence-electron chi connectivity index (χ1n) is 7.92. The Labute approximate surface area is 163 Å². The molecular weight excluding hydrogens is 367 g/mol. The first kappa shape index (κ1) is 19.4. The minimum Gasteiger partial charge on any atom is -0.508 e. The number of para-hydroxylation sites is 1. The number of benzene rings is 2. The van der Waals surface area contributed by atoms with Crippen molar-refractivity contribution in [3.63, 3.8) is 0 Å². The molecule has 1 N–H and O–H groups in total. The maximum absolute atomic E-state index is 8.63. The molecule has 0 aliphatic carbocycles. The summed E-state index contributed by atoms with van der Waals surface area (Å²) in [6.45, 7) is 0. The molecule has 132 valence electrons. The van der Waals surface area contributed by atoms with E-state index in [1.54, 1.807) is 36.7 Å². The van der Waals surface area contributed by atoms with Gasteiger partial charge in [0.25, 0.3) is 0 Å². The molecule has 2 aromatic carbocycles. The van der Waals surface area contributed by atoms with Crippen molar-refractivity contribution in [1.29, 1.82) is 0 Å². The van der Waals surface area contributed by atoms with Crippen LogP contribution in [0.4, 0.5) is 0 Å². The van der Waals surface area contributed by atoms with Crippen LogP contribution in [0.5, 0.6) is 5.75 Å². The van der Waals surface area contributed by atoms with E-state index in [1.807, 2.05) is 60.7 Å². The van der Waals surface area contributed by atoms with Crippen LogP contribution in [0.25, 0.3) is 22.5 Å². The Morgan fingerprint density at radius 2 is 1.08 bits per heavy atom. The van der Waals surface area contributed by atoms with Crippen molar-refractivity contribution in [2.24, 2.45) is 0 Å². The Hall–Kier alpha value is -2.97. The molecule has 2 aromatic heterocycles. The Bertz CT molecular complexity index is 846. The van der Waals surface area contributed by atoms with Gasteiger partial charge in [-0.1, -0.05) is 53.6 Å². The van der Waals surface area contributed by atoms with Crippen LogP contribution in [0, 0.1) is 6.07 Å². The molecule has 0 radical (unpaired) electrons. The molecule has 0 aliphatic rings. The summed E-state index contributed by atoms with van der Waals surface area (Å²) in [5.74, 6) is 0.322. The summed E-state index contributed by atoms with van der Waals surface area (Å²) in [6.07, 6.45) is 3.58. The van der Waals surface area contributed by atoms with Gasteiger partial charge in [-0.2, -0.15) is 0 Å². The average Bonchev–Trinajstić information content (AvgIpc) is 2.71. The number of aromatic nitrogens is 2. The van der Waals surface area contributed by atoms with E-state index in [2.05, 4.69) is 16.0 Å². The molecule has 2 heterocycles. The van der Waals surface area contributed by atoms with Crippen molar-refractivity contribution < 1.29 is 21.6 Å². The fourth-order valence-corrected chi connectivity index (χ4v) is 2.24. The third-order valence-electron chi connectivity index (χ3n) is 3.43. The molecule has 4 heteroatoms. The SMILES string of the molecule is Oc1ccccc1.[Ni].[c-]1c(-c2ccccn2)cccc1-c1ccccn1. The van der Waals surface area contributed by atoms with Crippen LogP contribution >= 0.6 is 0 Å². The Morgan fingerprint density at radius 1 is 0.577 bits per heavy atom. The zero-order chi connectivity index (χ0) is 17.3. The standard InChI is InChI=1S/C16H11N2.C6H6O.Ni/c1-3-10-17-15(8-1)13-6-5-7-14(12-13)16-9-2-4-11-18-16;7-6-4-2-1-3-5-6;/h1-11H;1-5,7H;/q-1;;. The van der Waals surface area contributed by atoms with Gasteiger partial charge in [0.1, 0.15) is 5.75 Å². The predicted molar refractivity (Wildman–Crippen MR) is 99.8 cm³/mol. The van der Waals surface area contributed by atoms with Gasteiger partial charge in [-0.25, -0.2) is 0 Å². The fourth-order valence-electron chi connectivity index (χ4n) is 2.24. The molecule has 0 fully saturated rings. The van der Waals surface area contributed by atoms with E-state index in [0.29, 0.717) is 5.75 Å². The van der Waals surface area contributed by atoms with Crippen LogP contribution in [-0.4, -0.2) is 15.1 Å². The second kappa shape index (κ2) is 10.1. The maximum Gasteiger partial charge on any atom is 0.115 e. The zero-order valence-corrected chi connectivity index (χ0v) is 14.9. The minimum atomic E-state index is 0. The Balaban J connectivity index is 0.000000258. The molecular formula is C22H17N2NiO-. The Kier molecular flexibility index (Phi) is 7.54. The topological polar surface area (TPSA) is 46.0 Å². The predicted octanol–water partition coefficient (Wildman–Crippen LogP) is 5.00. The third kappa shape index (κ3) is 5.54. The van der Waals surface area contributed by atoms with E-state index >= 15 is 0 Å². The number of phenols is 1. The second-order valence-corrected chi connectivity index (χ2v) is 5.24. The Morgan fingerprint density at radius 3 is 1.46 bits per heavy atom. The molecule has 0 spiro atoms. The van der Waals surface area contributed by atoms with Gasteiger partial charge in [0.05, 0.1) is 0 Å². The van der Waals surface area contributed by atoms with E-state index < -0.39 is 0 Å². The van der Waals surface area contributed by atoms with Gasteiger partial charge in [-0.3, -0.25) is 9.97 Å². The van der Waals surface area contributed by atoms with Crippen molar-refractivity contribution in [2.45, 2.75) is 0 Å². The molecule has 0 unspecified atom stereocenters. The molecule has 0 aliphatic heterocycles. The van der Waals surface area contributed by atoms with Gasteiger partial charge in [0.15, 0.2) is 0 Å². The quantitative estimate of drug-likeness (QED) is 0.391. The van der Waals surface area contributed by atoms with E-state index in [0.717, 1.165) is 22.5 Å². The number of aromatic hydroxyl groups is 1. The number of rotatable bonds is 2. The molecule has 0 amide bonds. The van der Waals surface area contributed by atoms with Crippen molar-refractivity contribution in [3.05, 3.63) is 103 Å². The van der Waals surface area contributed by atoms with Crippen molar-refractivity contribution >= 4 is 0 Å². The number of nitrogens with zero attached hydrogens (tertiary/aromatic N) is 2. The molecule has 26 heavy (non-hydrogen) atoms. The first-order valence-corrected chi connectivity index (χ1v) is 7.92. The van der Waals surface area contributed by atoms with Crippen LogP contribution in [-0.2, 0) is 16.5 Å². The maximum atomic E-state index is 8.63. The molecule has 0 atom stereocenters. The molecule has 0 bridgehead atoms. The van der Waals surface area contributed by atoms with E-state index in [1.165, 1.54) is 0 Å². The van der Waals surface area contributed by atoms with E-state index in [9.17, 15) is 0 Å². The molecule has 0 saturated heterocycles. The molecule has 3 nitrogen and oxygen atoms in total. The third-order valence-corrected chi connectivity index (χ3v) is 3.43. The number of hydrogen-bond acceptors (Lipinski definition) is 3. The largest absolute Gasteiger partial charge is 0.508 e. The summed E-state index contributed by atoms with van der Waals surface area (Å²) in [6, 6.07) is 29.8. The van der Waals surface area contributed by atoms with Crippen molar-refractivity contribution in [3.8, 4) is 28.3 Å². The summed E-state index contributed by atoms with van der Waals surface area (Å²) < 4.78 is 0. The second-order valence-electron chi connectivity index (χ2n) is 5.24. The van der Waals surface area contributed by atoms with Gasteiger partial charge in [-0.05, 0) is 24.3 Å². The molecule has 0 saturated carbocycles. The summed E-state index contributed by atoms with van der Waals surface area (Å²) >= 11 is 0. The van der Waals surface area contributed by atoms with Gasteiger partial charge >= 0.3 is 0 Å². The first-order chi connectivity index (χ1) is 12.3. The number of phenolic OH excluding ortho intramolecular Hbond substituents is 1. The van der Waals surface area contributed by atoms with Crippen molar-refractivity contribution in [1.82, 2.24) is 9.97 Å². The van der Waals surface area contributed by atoms with Gasteiger partial charge in [0, 0.05) is 40.3 Å². The monoisotopic (exact) mass is 383 g/mol. The normalized spacial score (nSPS) is 9.38. The summed E-state index contributed by atoms with van der Waals surface area (Å²) in [7, 11) is 0. The number of pyridine rings is 2. The van der Waals surface area contributed by atoms with Gasteiger partial charge in [-0.15, -0.1) is 24.3 Å². The molecule has 4 rings (SSSR count). The van der Waals surface area contributed by atoms with Crippen LogP contribution in [0.2, 0.25) is 0 Å². The van der Waals surface area contributed by atoms with Crippen LogP contribution in [0.3, 0.4) is 0 Å². The van der Waals surface area contributed by atoms with Gasteiger partial charge in [0.2, 0.25) is 0 Å². The number of hydrogen-bond donors (Lipinski definition) is 1. The molecule has 4 aromatic rings. The van der Waals surface area contributed by atoms with E-state index in [-0.39, 0.29) is 16.5 Å². The summed E-state index contributed by atoms with van der Waals surface area (Å²) in [5, 5.41) is 8.63. The fraction of sp³-hybridized carbons (Fsp3) is 0. The van der Waals surface area contributed by atoms with Crippen molar-refractivity contribution in [2.75, 3.05) is 0 Å². The van der Waals surface area contributed by atoms with E-state index in [4.69, 9.17) is 5.11 Å².